The summed E-state index contributed by atoms with van der Waals surface area (Å²) in [5.41, 5.74) is 2.50. The maximum Gasteiger partial charge on any atom is 0.224 e. The normalized spacial score (nSPS) is 24.7. The van der Waals surface area contributed by atoms with Crippen molar-refractivity contribution in [2.75, 3.05) is 18.4 Å². The summed E-state index contributed by atoms with van der Waals surface area (Å²) in [5.74, 6) is 1.32. The van der Waals surface area contributed by atoms with E-state index in [1.54, 1.807) is 0 Å². The minimum atomic E-state index is -0.139. The van der Waals surface area contributed by atoms with E-state index in [9.17, 15) is 5.11 Å². The molecule has 0 unspecified atom stereocenters. The van der Waals surface area contributed by atoms with Gasteiger partial charge in [-0.15, -0.1) is 0 Å². The average Bonchev–Trinajstić information content (AvgIpc) is 3.13. The fraction of sp³-hybridized carbons (Fsp3) is 0.760. The van der Waals surface area contributed by atoms with Gasteiger partial charge >= 0.3 is 0 Å². The van der Waals surface area contributed by atoms with Crippen molar-refractivity contribution in [3.05, 3.63) is 18.0 Å². The zero-order chi connectivity index (χ0) is 22.0. The summed E-state index contributed by atoms with van der Waals surface area (Å²) in [6.45, 7) is 11.3. The number of nitrogens with one attached hydrogen (secondary N) is 1. The smallest absolute Gasteiger partial charge is 0.224 e. The second-order valence-electron chi connectivity index (χ2n) is 10.1. The van der Waals surface area contributed by atoms with Crippen LogP contribution in [0, 0.1) is 0 Å². The summed E-state index contributed by atoms with van der Waals surface area (Å²) < 4.78 is 2.42. The van der Waals surface area contributed by atoms with Gasteiger partial charge in [-0.05, 0) is 90.3 Å². The molecule has 6 heteroatoms. The molecular weight excluding hydrogens is 386 g/mol. The zero-order valence-corrected chi connectivity index (χ0v) is 19.8. The van der Waals surface area contributed by atoms with E-state index in [1.165, 1.54) is 36.9 Å². The van der Waals surface area contributed by atoms with Crippen molar-refractivity contribution in [3.8, 4) is 0 Å². The molecule has 0 radical (unpaired) electrons. The lowest BCUT2D eigenvalue weighted by Crippen LogP contribution is -2.37. The highest BCUT2D eigenvalue weighted by Gasteiger charge is 2.28. The van der Waals surface area contributed by atoms with E-state index in [0.29, 0.717) is 24.0 Å². The molecule has 0 bridgehead atoms. The summed E-state index contributed by atoms with van der Waals surface area (Å²) in [4.78, 5) is 12.3. The van der Waals surface area contributed by atoms with Gasteiger partial charge in [0, 0.05) is 35.9 Å². The van der Waals surface area contributed by atoms with Crippen LogP contribution in [0.25, 0.3) is 11.0 Å². The number of hydrogen-bond donors (Lipinski definition) is 2. The van der Waals surface area contributed by atoms with E-state index in [2.05, 4.69) is 54.9 Å². The third-order valence-corrected chi connectivity index (χ3v) is 7.46. The number of likely N-dealkylation sites (tertiary alicyclic amines) is 1. The summed E-state index contributed by atoms with van der Waals surface area (Å²) in [6.07, 6.45) is 12.8. The number of aliphatic hydroxyl groups is 1. The Bertz CT molecular complexity index is 847. The van der Waals surface area contributed by atoms with Crippen molar-refractivity contribution >= 4 is 17.0 Å². The van der Waals surface area contributed by atoms with Crippen molar-refractivity contribution in [2.24, 2.45) is 0 Å². The summed E-state index contributed by atoms with van der Waals surface area (Å²) in [5, 5.41) is 14.7. The third-order valence-electron chi connectivity index (χ3n) is 7.46. The standard InChI is InChI=1S/C25H41N5O/c1-5-6-18(4)27-25-26-15-22-23(19-11-13-29(14-12-19)17(2)3)16-30(24(22)28-25)20-7-9-21(31)10-8-20/h15-21,31H,5-14H2,1-4H3,(H,26,27,28)/t18-,20?,21?/m0/s1. The number of fused-ring (bicyclic) bond motifs is 1. The van der Waals surface area contributed by atoms with Crippen LogP contribution in [0.15, 0.2) is 12.4 Å². The van der Waals surface area contributed by atoms with E-state index >= 15 is 0 Å². The van der Waals surface area contributed by atoms with Crippen LogP contribution >= 0.6 is 0 Å². The van der Waals surface area contributed by atoms with Crippen molar-refractivity contribution in [1.82, 2.24) is 19.4 Å². The Morgan fingerprint density at radius 3 is 2.45 bits per heavy atom. The molecule has 31 heavy (non-hydrogen) atoms. The highest BCUT2D eigenvalue weighted by Crippen LogP contribution is 2.38. The molecule has 0 amide bonds. The SMILES string of the molecule is CCC[C@H](C)Nc1ncc2c(C3CCN(C(C)C)CC3)cn(C3CCC(O)CC3)c2n1. The minimum Gasteiger partial charge on any atom is -0.393 e. The monoisotopic (exact) mass is 427 g/mol. The maximum atomic E-state index is 10.0. The fourth-order valence-electron chi connectivity index (χ4n) is 5.52. The Labute approximate surface area is 187 Å². The van der Waals surface area contributed by atoms with Gasteiger partial charge in [0.05, 0.1) is 6.10 Å². The number of anilines is 1. The van der Waals surface area contributed by atoms with E-state index < -0.39 is 0 Å². The summed E-state index contributed by atoms with van der Waals surface area (Å²) in [6, 6.07) is 1.42. The molecule has 1 saturated carbocycles. The molecule has 0 spiro atoms. The maximum absolute atomic E-state index is 10.0. The zero-order valence-electron chi connectivity index (χ0n) is 19.8. The second-order valence-corrected chi connectivity index (χ2v) is 10.1. The lowest BCUT2D eigenvalue weighted by atomic mass is 9.89. The number of hydrogen-bond acceptors (Lipinski definition) is 5. The molecule has 2 aliphatic rings. The average molecular weight is 428 g/mol. The van der Waals surface area contributed by atoms with Crippen LogP contribution < -0.4 is 5.32 Å². The number of piperidine rings is 1. The van der Waals surface area contributed by atoms with Gasteiger partial charge in [0.2, 0.25) is 5.95 Å². The largest absolute Gasteiger partial charge is 0.393 e. The third kappa shape index (κ3) is 5.06. The molecule has 2 aromatic rings. The fourth-order valence-corrected chi connectivity index (χ4v) is 5.52. The highest BCUT2D eigenvalue weighted by molar-refractivity contribution is 5.81. The van der Waals surface area contributed by atoms with Crippen LogP contribution in [0.5, 0.6) is 0 Å². The minimum absolute atomic E-state index is 0.139. The second kappa shape index (κ2) is 9.86. The molecule has 4 rings (SSSR count). The number of aromatic nitrogens is 3. The molecule has 6 nitrogen and oxygen atoms in total. The van der Waals surface area contributed by atoms with Gasteiger partial charge in [0.15, 0.2) is 0 Å². The molecule has 2 N–H and O–H groups in total. The topological polar surface area (TPSA) is 66.2 Å². The predicted octanol–water partition coefficient (Wildman–Crippen LogP) is 5.10. The Kier molecular flexibility index (Phi) is 7.17. The first kappa shape index (κ1) is 22.5. The van der Waals surface area contributed by atoms with Gasteiger partial charge < -0.3 is 19.9 Å². The van der Waals surface area contributed by atoms with Crippen LogP contribution in [-0.2, 0) is 0 Å². The number of rotatable bonds is 7. The molecule has 1 atom stereocenters. The van der Waals surface area contributed by atoms with Crippen molar-refractivity contribution in [1.29, 1.82) is 0 Å². The van der Waals surface area contributed by atoms with Crippen molar-refractivity contribution < 1.29 is 5.11 Å². The highest BCUT2D eigenvalue weighted by atomic mass is 16.3. The van der Waals surface area contributed by atoms with Gasteiger partial charge in [-0.3, -0.25) is 0 Å². The van der Waals surface area contributed by atoms with Crippen LogP contribution in [0.3, 0.4) is 0 Å². The predicted molar refractivity (Wildman–Crippen MR) is 128 cm³/mol. The molecule has 3 heterocycles. The van der Waals surface area contributed by atoms with Gasteiger partial charge in [0.25, 0.3) is 0 Å². The van der Waals surface area contributed by atoms with Gasteiger partial charge in [-0.25, -0.2) is 4.98 Å². The lowest BCUT2D eigenvalue weighted by Gasteiger charge is -2.34. The van der Waals surface area contributed by atoms with Crippen LogP contribution in [0.1, 0.15) is 96.6 Å². The van der Waals surface area contributed by atoms with Crippen LogP contribution in [0.4, 0.5) is 5.95 Å². The van der Waals surface area contributed by atoms with Gasteiger partial charge in [-0.2, -0.15) is 4.98 Å². The Hall–Kier alpha value is -1.66. The van der Waals surface area contributed by atoms with Gasteiger partial charge in [0.1, 0.15) is 5.65 Å². The molecule has 1 aliphatic carbocycles. The summed E-state index contributed by atoms with van der Waals surface area (Å²) in [7, 11) is 0. The Morgan fingerprint density at radius 1 is 1.10 bits per heavy atom. The molecule has 2 aromatic heterocycles. The van der Waals surface area contributed by atoms with Crippen LogP contribution in [0.2, 0.25) is 0 Å². The molecule has 1 aliphatic heterocycles. The number of nitrogens with zero attached hydrogens (tertiary/aromatic N) is 4. The molecule has 2 fully saturated rings. The quantitative estimate of drug-likeness (QED) is 0.644. The van der Waals surface area contributed by atoms with Crippen LogP contribution in [-0.4, -0.2) is 55.8 Å². The number of aliphatic hydroxyl groups excluding tert-OH is 1. The molecule has 172 valence electrons. The first-order valence-corrected chi connectivity index (χ1v) is 12.5. The van der Waals surface area contributed by atoms with E-state index in [0.717, 1.165) is 50.1 Å². The molecule has 1 saturated heterocycles. The Balaban J connectivity index is 1.64. The first-order valence-electron chi connectivity index (χ1n) is 12.5. The first-order chi connectivity index (χ1) is 15.0. The van der Waals surface area contributed by atoms with Crippen molar-refractivity contribution in [3.63, 3.8) is 0 Å². The van der Waals surface area contributed by atoms with Gasteiger partial charge in [-0.1, -0.05) is 13.3 Å². The molecular formula is C25H41N5O. The lowest BCUT2D eigenvalue weighted by molar-refractivity contribution is 0.111. The van der Waals surface area contributed by atoms with E-state index in [-0.39, 0.29) is 6.10 Å². The summed E-state index contributed by atoms with van der Waals surface area (Å²) >= 11 is 0. The van der Waals surface area contributed by atoms with E-state index in [1.807, 2.05) is 0 Å². The Morgan fingerprint density at radius 2 is 1.81 bits per heavy atom. The van der Waals surface area contributed by atoms with E-state index in [4.69, 9.17) is 9.97 Å². The van der Waals surface area contributed by atoms with Crippen molar-refractivity contribution in [2.45, 2.75) is 109 Å². The molecule has 0 aromatic carbocycles.